The van der Waals surface area contributed by atoms with Crippen molar-refractivity contribution in [3.05, 3.63) is 60.8 Å². The molecule has 1 saturated heterocycles. The van der Waals surface area contributed by atoms with Crippen LogP contribution in [-0.2, 0) is 16.1 Å². The lowest BCUT2D eigenvalue weighted by Gasteiger charge is -2.20. The third-order valence-corrected chi connectivity index (χ3v) is 4.80. The molecule has 1 aliphatic rings. The van der Waals surface area contributed by atoms with Crippen molar-refractivity contribution >= 4 is 34.1 Å². The molecule has 5 heteroatoms. The van der Waals surface area contributed by atoms with Crippen LogP contribution in [0.4, 0.5) is 11.4 Å². The fraction of sp³-hybridized carbons (Fsp3) is 0.238. The number of hydrogen-bond donors (Lipinski definition) is 1. The highest BCUT2D eigenvalue weighted by Crippen LogP contribution is 2.29. The monoisotopic (exact) mass is 347 g/mol. The lowest BCUT2D eigenvalue weighted by atomic mass is 10.2. The van der Waals surface area contributed by atoms with Crippen molar-refractivity contribution in [2.45, 2.75) is 25.8 Å². The van der Waals surface area contributed by atoms with Gasteiger partial charge in [0.25, 0.3) is 0 Å². The smallest absolute Gasteiger partial charge is 0.227 e. The minimum absolute atomic E-state index is 0.0538. The summed E-state index contributed by atoms with van der Waals surface area (Å²) >= 11 is 0. The topological polar surface area (TPSA) is 54.3 Å². The number of nitrogens with zero attached hydrogens (tertiary/aromatic N) is 2. The highest BCUT2D eigenvalue weighted by molar-refractivity contribution is 6.02. The van der Waals surface area contributed by atoms with Gasteiger partial charge in [0.1, 0.15) is 0 Å². The van der Waals surface area contributed by atoms with E-state index in [2.05, 4.69) is 28.1 Å². The van der Waals surface area contributed by atoms with Crippen molar-refractivity contribution in [3.8, 4) is 0 Å². The first kappa shape index (κ1) is 16.4. The lowest BCUT2D eigenvalue weighted by Crippen LogP contribution is -2.25. The van der Waals surface area contributed by atoms with Gasteiger partial charge in [0.15, 0.2) is 0 Å². The molecule has 26 heavy (non-hydrogen) atoms. The number of hydrogen-bond acceptors (Lipinski definition) is 2. The van der Waals surface area contributed by atoms with Crippen LogP contribution in [-0.4, -0.2) is 22.9 Å². The normalized spacial score (nSPS) is 14.2. The lowest BCUT2D eigenvalue weighted by molar-refractivity contribution is -0.117. The number of anilines is 2. The molecule has 2 amide bonds. The summed E-state index contributed by atoms with van der Waals surface area (Å²) in [4.78, 5) is 26.3. The molecule has 0 bridgehead atoms. The average Bonchev–Trinajstić information content (AvgIpc) is 3.27. The minimum atomic E-state index is -0.0538. The number of fused-ring (bicyclic) bond motifs is 1. The quantitative estimate of drug-likeness (QED) is 0.763. The maximum Gasteiger partial charge on any atom is 0.227 e. The van der Waals surface area contributed by atoms with Crippen molar-refractivity contribution in [1.29, 1.82) is 0 Å². The molecule has 0 unspecified atom stereocenters. The van der Waals surface area contributed by atoms with Gasteiger partial charge in [0.05, 0.1) is 11.4 Å². The number of rotatable bonds is 5. The van der Waals surface area contributed by atoms with Crippen molar-refractivity contribution in [2.75, 3.05) is 16.8 Å². The van der Waals surface area contributed by atoms with Gasteiger partial charge in [-0.25, -0.2) is 0 Å². The molecule has 0 spiro atoms. The van der Waals surface area contributed by atoms with Gasteiger partial charge in [-0.1, -0.05) is 30.3 Å². The van der Waals surface area contributed by atoms with Gasteiger partial charge >= 0.3 is 0 Å². The minimum Gasteiger partial charge on any atom is -0.347 e. The highest BCUT2D eigenvalue weighted by atomic mass is 16.2. The van der Waals surface area contributed by atoms with E-state index in [1.807, 2.05) is 42.6 Å². The number of nitrogens with one attached hydrogen (secondary N) is 1. The van der Waals surface area contributed by atoms with Gasteiger partial charge in [-0.3, -0.25) is 9.59 Å². The zero-order valence-electron chi connectivity index (χ0n) is 14.5. The zero-order valence-corrected chi connectivity index (χ0v) is 14.5. The number of amides is 2. The van der Waals surface area contributed by atoms with Gasteiger partial charge < -0.3 is 14.8 Å². The third-order valence-electron chi connectivity index (χ3n) is 4.80. The fourth-order valence-corrected chi connectivity index (χ4v) is 3.49. The van der Waals surface area contributed by atoms with E-state index in [4.69, 9.17) is 0 Å². The Kier molecular flexibility index (Phi) is 4.44. The van der Waals surface area contributed by atoms with E-state index in [0.29, 0.717) is 31.6 Å². The van der Waals surface area contributed by atoms with E-state index in [1.54, 1.807) is 4.90 Å². The molecule has 132 valence electrons. The molecule has 0 atom stereocenters. The van der Waals surface area contributed by atoms with Crippen molar-refractivity contribution in [1.82, 2.24) is 4.57 Å². The number of carbonyl (C=O) groups excluding carboxylic acids is 2. The molecule has 5 nitrogen and oxygen atoms in total. The van der Waals surface area contributed by atoms with Crippen molar-refractivity contribution in [2.24, 2.45) is 0 Å². The molecule has 1 aliphatic heterocycles. The maximum atomic E-state index is 12.5. The number of aryl methyl sites for hydroxylation is 1. The van der Waals surface area contributed by atoms with Crippen molar-refractivity contribution < 1.29 is 9.59 Å². The van der Waals surface area contributed by atoms with E-state index in [1.165, 1.54) is 5.39 Å². The van der Waals surface area contributed by atoms with Gasteiger partial charge in [-0.15, -0.1) is 0 Å². The summed E-state index contributed by atoms with van der Waals surface area (Å²) in [6.07, 6.45) is 3.82. The van der Waals surface area contributed by atoms with Gasteiger partial charge in [0.2, 0.25) is 11.8 Å². The zero-order chi connectivity index (χ0) is 17.9. The van der Waals surface area contributed by atoms with Crippen LogP contribution in [0.3, 0.4) is 0 Å². The van der Waals surface area contributed by atoms with Crippen LogP contribution in [0.2, 0.25) is 0 Å². The van der Waals surface area contributed by atoms with Crippen LogP contribution in [0.15, 0.2) is 60.8 Å². The van der Waals surface area contributed by atoms with Crippen LogP contribution in [0.5, 0.6) is 0 Å². The summed E-state index contributed by atoms with van der Waals surface area (Å²) < 4.78 is 2.09. The Hall–Kier alpha value is -3.08. The maximum absolute atomic E-state index is 12.5. The Balaban J connectivity index is 1.45. The average molecular weight is 347 g/mol. The Morgan fingerprint density at radius 1 is 1.04 bits per heavy atom. The Labute approximate surface area is 152 Å². The first-order valence-corrected chi connectivity index (χ1v) is 8.95. The molecule has 0 radical (unpaired) electrons. The second-order valence-electron chi connectivity index (χ2n) is 6.53. The molecule has 0 aliphatic carbocycles. The summed E-state index contributed by atoms with van der Waals surface area (Å²) in [6, 6.07) is 17.7. The fourth-order valence-electron chi connectivity index (χ4n) is 3.49. The molecular weight excluding hydrogens is 326 g/mol. The first-order valence-electron chi connectivity index (χ1n) is 8.95. The molecule has 1 aromatic heterocycles. The van der Waals surface area contributed by atoms with Gasteiger partial charge in [-0.2, -0.15) is 0 Å². The van der Waals surface area contributed by atoms with E-state index < -0.39 is 0 Å². The second-order valence-corrected chi connectivity index (χ2v) is 6.53. The molecule has 1 fully saturated rings. The number of aromatic nitrogens is 1. The Morgan fingerprint density at radius 2 is 1.85 bits per heavy atom. The van der Waals surface area contributed by atoms with E-state index in [9.17, 15) is 9.59 Å². The number of para-hydroxylation sites is 3. The summed E-state index contributed by atoms with van der Waals surface area (Å²) in [5.41, 5.74) is 2.61. The third kappa shape index (κ3) is 3.20. The van der Waals surface area contributed by atoms with Gasteiger partial charge in [-0.05, 0) is 36.1 Å². The molecular formula is C21H21N3O2. The molecule has 1 N–H and O–H groups in total. The number of carbonyl (C=O) groups is 2. The number of benzene rings is 2. The summed E-state index contributed by atoms with van der Waals surface area (Å²) in [6.45, 7) is 1.32. The van der Waals surface area contributed by atoms with Crippen molar-refractivity contribution in [3.63, 3.8) is 0 Å². The predicted molar refractivity (Wildman–Crippen MR) is 103 cm³/mol. The molecule has 3 aromatic rings. The highest BCUT2D eigenvalue weighted by Gasteiger charge is 2.24. The molecule has 2 aromatic carbocycles. The SMILES string of the molecule is O=C(CCn1ccc2ccccc21)Nc1ccccc1N1CCCC1=O. The van der Waals surface area contributed by atoms with Crippen LogP contribution in [0.25, 0.3) is 10.9 Å². The van der Waals surface area contributed by atoms with E-state index in [0.717, 1.165) is 17.6 Å². The molecule has 0 saturated carbocycles. The van der Waals surface area contributed by atoms with Crippen LogP contribution < -0.4 is 10.2 Å². The van der Waals surface area contributed by atoms with E-state index >= 15 is 0 Å². The first-order chi connectivity index (χ1) is 12.7. The van der Waals surface area contributed by atoms with Crippen LogP contribution >= 0.6 is 0 Å². The van der Waals surface area contributed by atoms with Crippen LogP contribution in [0.1, 0.15) is 19.3 Å². The van der Waals surface area contributed by atoms with Gasteiger partial charge in [0, 0.05) is 37.6 Å². The van der Waals surface area contributed by atoms with E-state index in [-0.39, 0.29) is 11.8 Å². The Bertz CT molecular complexity index is 961. The van der Waals surface area contributed by atoms with Crippen LogP contribution in [0, 0.1) is 0 Å². The molecule has 2 heterocycles. The summed E-state index contributed by atoms with van der Waals surface area (Å²) in [7, 11) is 0. The summed E-state index contributed by atoms with van der Waals surface area (Å²) in [5.74, 6) is 0.0624. The standard InChI is InChI=1S/C21H21N3O2/c25-20(12-15-23-14-11-16-6-1-3-8-18(16)23)22-17-7-2-4-9-19(17)24-13-5-10-21(24)26/h1-4,6-9,11,14H,5,10,12-13,15H2,(H,22,25). The largest absolute Gasteiger partial charge is 0.347 e. The summed E-state index contributed by atoms with van der Waals surface area (Å²) in [5, 5.41) is 4.14. The molecule has 4 rings (SSSR count). The Morgan fingerprint density at radius 3 is 2.69 bits per heavy atom. The second kappa shape index (κ2) is 7.04. The predicted octanol–water partition coefficient (Wildman–Crippen LogP) is 3.80.